The highest BCUT2D eigenvalue weighted by Gasteiger charge is 2.27. The number of hydrazone groups is 1. The first-order chi connectivity index (χ1) is 14.8. The van der Waals surface area contributed by atoms with Gasteiger partial charge in [0.2, 0.25) is 0 Å². The highest BCUT2D eigenvalue weighted by molar-refractivity contribution is 7.19. The van der Waals surface area contributed by atoms with Gasteiger partial charge in [-0.1, -0.05) is 0 Å². The van der Waals surface area contributed by atoms with Crippen LogP contribution < -0.4 is 10.3 Å². The fourth-order valence-electron chi connectivity index (χ4n) is 5.30. The Morgan fingerprint density at radius 2 is 1.87 bits per heavy atom. The molecule has 2 aliphatic heterocycles. The fraction of sp³-hybridized carbons (Fsp3) is 0.435. The molecule has 3 aliphatic rings. The number of nitrogens with one attached hydrogen (secondary N) is 1. The Balaban J connectivity index is 1.34. The lowest BCUT2D eigenvalue weighted by atomic mass is 9.89. The summed E-state index contributed by atoms with van der Waals surface area (Å²) in [5, 5.41) is 16.5. The van der Waals surface area contributed by atoms with Crippen LogP contribution in [0.1, 0.15) is 52.8 Å². The molecule has 1 aromatic carbocycles. The lowest BCUT2D eigenvalue weighted by molar-refractivity contribution is 0.461. The molecule has 6 nitrogen and oxygen atoms in total. The summed E-state index contributed by atoms with van der Waals surface area (Å²) < 4.78 is 0. The van der Waals surface area contributed by atoms with Crippen molar-refractivity contribution in [3.8, 4) is 5.75 Å². The van der Waals surface area contributed by atoms with E-state index in [9.17, 15) is 5.11 Å². The van der Waals surface area contributed by atoms with Gasteiger partial charge in [0.25, 0.3) is 0 Å². The molecule has 0 saturated heterocycles. The third-order valence-corrected chi connectivity index (χ3v) is 7.85. The molecule has 30 heavy (non-hydrogen) atoms. The van der Waals surface area contributed by atoms with Crippen LogP contribution in [-0.4, -0.2) is 34.4 Å². The molecule has 154 valence electrons. The summed E-state index contributed by atoms with van der Waals surface area (Å²) in [6, 6.07) is 2.11. The molecule has 2 aromatic heterocycles. The Morgan fingerprint density at radius 3 is 2.80 bits per heavy atom. The second-order valence-electron chi connectivity index (χ2n) is 8.48. The normalized spacial score (nSPS) is 17.9. The van der Waals surface area contributed by atoms with Gasteiger partial charge in [-0.3, -0.25) is 5.43 Å². The van der Waals surface area contributed by atoms with Crippen molar-refractivity contribution in [3.05, 3.63) is 39.5 Å². The van der Waals surface area contributed by atoms with E-state index < -0.39 is 0 Å². The molecule has 1 aliphatic carbocycles. The number of phenols is 1. The molecule has 6 rings (SSSR count). The molecule has 0 spiro atoms. The molecule has 7 heteroatoms. The van der Waals surface area contributed by atoms with Crippen LogP contribution in [-0.2, 0) is 25.7 Å². The SMILES string of the molecule is Oc1c(/C=N/Nc2ncnc3sc4c(c23)CCCC4)cc2c3c1CCCN3CCC2. The molecule has 0 amide bonds. The maximum Gasteiger partial charge on any atom is 0.158 e. The van der Waals surface area contributed by atoms with Crippen molar-refractivity contribution in [3.63, 3.8) is 0 Å². The zero-order chi connectivity index (χ0) is 20.1. The average molecular weight is 420 g/mol. The minimum Gasteiger partial charge on any atom is -0.507 e. The van der Waals surface area contributed by atoms with E-state index in [-0.39, 0.29) is 0 Å². The van der Waals surface area contributed by atoms with Gasteiger partial charge in [0.1, 0.15) is 16.9 Å². The van der Waals surface area contributed by atoms with Gasteiger partial charge in [0, 0.05) is 34.8 Å². The topological polar surface area (TPSA) is 73.6 Å². The Bertz CT molecular complexity index is 1170. The van der Waals surface area contributed by atoms with E-state index in [1.807, 2.05) is 0 Å². The first kappa shape index (κ1) is 18.1. The number of hydrogen-bond donors (Lipinski definition) is 2. The fourth-order valence-corrected chi connectivity index (χ4v) is 6.53. The van der Waals surface area contributed by atoms with E-state index in [0.717, 1.165) is 72.4 Å². The number of aryl methyl sites for hydroxylation is 3. The summed E-state index contributed by atoms with van der Waals surface area (Å²) >= 11 is 1.79. The second kappa shape index (κ2) is 7.23. The third kappa shape index (κ3) is 2.87. The van der Waals surface area contributed by atoms with Crippen molar-refractivity contribution < 1.29 is 5.11 Å². The van der Waals surface area contributed by atoms with Gasteiger partial charge >= 0.3 is 0 Å². The van der Waals surface area contributed by atoms with Gasteiger partial charge in [-0.25, -0.2) is 9.97 Å². The Hall–Kier alpha value is -2.67. The first-order valence-corrected chi connectivity index (χ1v) is 11.8. The number of aromatic nitrogens is 2. The van der Waals surface area contributed by atoms with Crippen molar-refractivity contribution in [1.29, 1.82) is 0 Å². The minimum absolute atomic E-state index is 0.381. The summed E-state index contributed by atoms with van der Waals surface area (Å²) in [4.78, 5) is 13.9. The Labute approximate surface area is 179 Å². The number of phenolic OH excluding ortho intramolecular Hbond substituents is 1. The number of hydrogen-bond acceptors (Lipinski definition) is 7. The zero-order valence-electron chi connectivity index (χ0n) is 16.9. The molecule has 0 bridgehead atoms. The number of fused-ring (bicyclic) bond motifs is 3. The second-order valence-corrected chi connectivity index (χ2v) is 9.56. The summed E-state index contributed by atoms with van der Waals surface area (Å²) in [5.41, 5.74) is 9.03. The van der Waals surface area contributed by atoms with Crippen LogP contribution >= 0.6 is 11.3 Å². The zero-order valence-corrected chi connectivity index (χ0v) is 17.8. The summed E-state index contributed by atoms with van der Waals surface area (Å²) in [7, 11) is 0. The lowest BCUT2D eigenvalue weighted by Gasteiger charge is -2.37. The largest absolute Gasteiger partial charge is 0.507 e. The molecule has 0 atom stereocenters. The lowest BCUT2D eigenvalue weighted by Crippen LogP contribution is -2.34. The molecule has 2 N–H and O–H groups in total. The van der Waals surface area contributed by atoms with Gasteiger partial charge in [0.05, 0.1) is 11.6 Å². The number of benzene rings is 1. The van der Waals surface area contributed by atoms with E-state index >= 15 is 0 Å². The van der Waals surface area contributed by atoms with Gasteiger partial charge in [-0.15, -0.1) is 11.3 Å². The predicted molar refractivity (Wildman–Crippen MR) is 122 cm³/mol. The van der Waals surface area contributed by atoms with E-state index in [1.54, 1.807) is 23.9 Å². The Morgan fingerprint density at radius 1 is 1.03 bits per heavy atom. The molecule has 0 fully saturated rings. The molecule has 4 heterocycles. The predicted octanol–water partition coefficient (Wildman–Crippen LogP) is 4.42. The maximum atomic E-state index is 10.9. The van der Waals surface area contributed by atoms with Gasteiger partial charge < -0.3 is 10.0 Å². The van der Waals surface area contributed by atoms with E-state index in [2.05, 4.69) is 31.5 Å². The van der Waals surface area contributed by atoms with Crippen molar-refractivity contribution in [1.82, 2.24) is 9.97 Å². The van der Waals surface area contributed by atoms with Gasteiger partial charge in [0.15, 0.2) is 5.82 Å². The monoisotopic (exact) mass is 419 g/mol. The van der Waals surface area contributed by atoms with Crippen molar-refractivity contribution >= 4 is 39.3 Å². The molecule has 0 saturated carbocycles. The first-order valence-electron chi connectivity index (χ1n) is 11.0. The van der Waals surface area contributed by atoms with E-state index in [1.165, 1.54) is 41.0 Å². The summed E-state index contributed by atoms with van der Waals surface area (Å²) in [6.07, 6.45) is 12.3. The standard InChI is InChI=1S/C23H25N5OS/c29-21-15(11-14-5-3-9-28-10-4-7-17(21)20(14)28)12-26-27-22-19-16-6-1-2-8-18(16)30-23(19)25-13-24-22/h11-13,29H,1-10H2,(H,24,25,27)/b26-12+. The van der Waals surface area contributed by atoms with Crippen LogP contribution in [0.15, 0.2) is 17.5 Å². The van der Waals surface area contributed by atoms with Crippen LogP contribution in [0.5, 0.6) is 5.75 Å². The van der Waals surface area contributed by atoms with Crippen molar-refractivity contribution in [2.75, 3.05) is 23.4 Å². The molecule has 0 radical (unpaired) electrons. The van der Waals surface area contributed by atoms with E-state index in [4.69, 9.17) is 0 Å². The smallest absolute Gasteiger partial charge is 0.158 e. The Kier molecular flexibility index (Phi) is 4.37. The van der Waals surface area contributed by atoms with Gasteiger partial charge in [-0.05, 0) is 68.6 Å². The maximum absolute atomic E-state index is 10.9. The van der Waals surface area contributed by atoms with Gasteiger partial charge in [-0.2, -0.15) is 5.10 Å². The third-order valence-electron chi connectivity index (χ3n) is 6.65. The van der Waals surface area contributed by atoms with Crippen LogP contribution in [0.2, 0.25) is 0 Å². The quantitative estimate of drug-likeness (QED) is 0.486. The van der Waals surface area contributed by atoms with Crippen LogP contribution in [0.4, 0.5) is 11.5 Å². The van der Waals surface area contributed by atoms with E-state index in [0.29, 0.717) is 5.75 Å². The number of nitrogens with zero attached hydrogens (tertiary/aromatic N) is 4. The summed E-state index contributed by atoms with van der Waals surface area (Å²) in [6.45, 7) is 2.20. The highest BCUT2D eigenvalue weighted by Crippen LogP contribution is 2.42. The van der Waals surface area contributed by atoms with Crippen LogP contribution in [0, 0.1) is 0 Å². The number of thiophene rings is 1. The van der Waals surface area contributed by atoms with Crippen molar-refractivity contribution in [2.24, 2.45) is 5.10 Å². The molecule has 3 aromatic rings. The number of anilines is 2. The van der Waals surface area contributed by atoms with Crippen LogP contribution in [0.3, 0.4) is 0 Å². The molecular formula is C23H25N5OS. The highest BCUT2D eigenvalue weighted by atomic mass is 32.1. The summed E-state index contributed by atoms with van der Waals surface area (Å²) in [5.74, 6) is 1.15. The minimum atomic E-state index is 0.381. The number of aromatic hydroxyl groups is 1. The number of rotatable bonds is 3. The van der Waals surface area contributed by atoms with Crippen molar-refractivity contribution in [2.45, 2.75) is 51.4 Å². The molecular weight excluding hydrogens is 394 g/mol. The average Bonchev–Trinajstić information content (AvgIpc) is 3.16. The molecule has 0 unspecified atom stereocenters. The van der Waals surface area contributed by atoms with Crippen LogP contribution in [0.25, 0.3) is 10.2 Å².